The van der Waals surface area contributed by atoms with E-state index in [1.54, 1.807) is 0 Å². The van der Waals surface area contributed by atoms with E-state index in [0.29, 0.717) is 44.9 Å². The Morgan fingerprint density at radius 3 is 2.24 bits per heavy atom. The van der Waals surface area contributed by atoms with E-state index < -0.39 is 53.3 Å². The van der Waals surface area contributed by atoms with Crippen molar-refractivity contribution in [2.24, 2.45) is 17.8 Å². The van der Waals surface area contributed by atoms with Crippen LogP contribution in [0, 0.1) is 38.0 Å². The molecule has 1 saturated carbocycles. The number of carbonyl (C=O) groups excluding carboxylic acids is 3. The summed E-state index contributed by atoms with van der Waals surface area (Å²) in [4.78, 5) is 65.0. The molecule has 0 heterocycles. The number of unbranched alkanes of at least 4 members (excludes halogenated alkanes) is 5. The van der Waals surface area contributed by atoms with Crippen LogP contribution in [0.2, 0.25) is 0 Å². The van der Waals surface area contributed by atoms with E-state index in [1.165, 1.54) is 6.42 Å². The van der Waals surface area contributed by atoms with Crippen LogP contribution in [0.1, 0.15) is 96.8 Å². The summed E-state index contributed by atoms with van der Waals surface area (Å²) in [6.45, 7) is 0.464. The largest absolute Gasteiger partial charge is 0.465 e. The maximum absolute atomic E-state index is 12.3. The molecule has 1 aliphatic carbocycles. The number of aliphatic hydroxyl groups excluding tert-OH is 2. The molecule has 2 N–H and O–H groups in total. The van der Waals surface area contributed by atoms with Crippen LogP contribution in [0.5, 0.6) is 0 Å². The predicted octanol–water partition coefficient (Wildman–Crippen LogP) is 3.71. The molecule has 1 unspecified atom stereocenters. The quantitative estimate of drug-likeness (QED) is 0.0504. The summed E-state index contributed by atoms with van der Waals surface area (Å²) in [7, 11) is 0. The highest BCUT2D eigenvalue weighted by molar-refractivity contribution is 5.80. The van der Waals surface area contributed by atoms with Crippen LogP contribution in [0.25, 0.3) is 0 Å². The number of aliphatic hydroxyl groups is 2. The molecule has 1 aliphatic rings. The highest BCUT2D eigenvalue weighted by Crippen LogP contribution is 2.38. The number of ether oxygens (including phenoxy) is 1. The molecule has 0 bridgehead atoms. The van der Waals surface area contributed by atoms with E-state index in [0.717, 1.165) is 25.7 Å². The molecule has 1 rings (SSSR count). The van der Waals surface area contributed by atoms with Gasteiger partial charge in [-0.15, -0.1) is 20.2 Å². The number of ketones is 2. The van der Waals surface area contributed by atoms with E-state index in [1.807, 2.05) is 12.2 Å². The first kappa shape index (κ1) is 36.9. The number of allylic oxidation sites excluding steroid dienone is 2. The second-order valence-corrected chi connectivity index (χ2v) is 10.8. The first-order chi connectivity index (χ1) is 20.0. The zero-order chi connectivity index (χ0) is 31.3. The molecule has 14 heteroatoms. The molecule has 0 aromatic heterocycles. The number of rotatable bonds is 25. The number of Topliss-reactive ketones (excluding diaryl/α,β-unsaturated/α-hetero) is 2. The molecule has 0 aromatic rings. The van der Waals surface area contributed by atoms with E-state index in [2.05, 4.69) is 16.6 Å². The summed E-state index contributed by atoms with van der Waals surface area (Å²) in [5, 5.41) is 39.3. The summed E-state index contributed by atoms with van der Waals surface area (Å²) in [5.41, 5.74) is 0. The normalized spacial score (nSPS) is 20.7. The van der Waals surface area contributed by atoms with Crippen LogP contribution >= 0.6 is 0 Å². The van der Waals surface area contributed by atoms with E-state index in [4.69, 9.17) is 4.74 Å². The van der Waals surface area contributed by atoms with Crippen molar-refractivity contribution in [2.75, 3.05) is 19.8 Å². The maximum atomic E-state index is 12.3. The van der Waals surface area contributed by atoms with Crippen molar-refractivity contribution < 1.29 is 49.2 Å². The van der Waals surface area contributed by atoms with Crippen LogP contribution in [0.15, 0.2) is 12.2 Å². The lowest BCUT2D eigenvalue weighted by molar-refractivity contribution is -0.759. The van der Waals surface area contributed by atoms with Gasteiger partial charge in [0.2, 0.25) is 0 Å². The average molecular weight is 603 g/mol. The van der Waals surface area contributed by atoms with Crippen LogP contribution in [0.3, 0.4) is 0 Å². The Bertz CT molecular complexity index is 881. The topological polar surface area (TPSA) is 206 Å². The molecular weight excluding hydrogens is 556 g/mol. The number of carbonyl (C=O) groups is 3. The number of hydrogen-bond donors (Lipinski definition) is 2. The van der Waals surface area contributed by atoms with Gasteiger partial charge in [0.05, 0.1) is 18.8 Å². The minimum Gasteiger partial charge on any atom is -0.465 e. The van der Waals surface area contributed by atoms with Gasteiger partial charge in [-0.05, 0) is 50.4 Å². The smallest absolute Gasteiger partial charge is 0.305 e. The first-order valence-electron chi connectivity index (χ1n) is 14.8. The minimum absolute atomic E-state index is 0.0550. The zero-order valence-electron chi connectivity index (χ0n) is 24.4. The Morgan fingerprint density at radius 2 is 1.55 bits per heavy atom. The summed E-state index contributed by atoms with van der Waals surface area (Å²) in [5.74, 6) is -2.23. The third kappa shape index (κ3) is 17.0. The van der Waals surface area contributed by atoms with E-state index in [9.17, 15) is 44.8 Å². The lowest BCUT2D eigenvalue weighted by Gasteiger charge is -2.22. The van der Waals surface area contributed by atoms with E-state index >= 15 is 0 Å². The van der Waals surface area contributed by atoms with Gasteiger partial charge in [0.25, 0.3) is 10.2 Å². The Balaban J connectivity index is 2.37. The van der Waals surface area contributed by atoms with Crippen molar-refractivity contribution in [1.29, 1.82) is 0 Å². The van der Waals surface area contributed by atoms with Crippen molar-refractivity contribution in [2.45, 2.75) is 109 Å². The number of nitrogens with zero attached hydrogens (tertiary/aromatic N) is 2. The Kier molecular flexibility index (Phi) is 18.9. The van der Waals surface area contributed by atoms with Crippen LogP contribution in [-0.4, -0.2) is 70.0 Å². The Morgan fingerprint density at radius 1 is 0.857 bits per heavy atom. The van der Waals surface area contributed by atoms with E-state index in [-0.39, 0.29) is 37.1 Å². The first-order valence-corrected chi connectivity index (χ1v) is 14.8. The molecule has 5 atom stereocenters. The van der Waals surface area contributed by atoms with Crippen molar-refractivity contribution >= 4 is 17.5 Å². The van der Waals surface area contributed by atoms with Crippen LogP contribution in [0.4, 0.5) is 0 Å². The van der Waals surface area contributed by atoms with Crippen molar-refractivity contribution in [3.63, 3.8) is 0 Å². The minimum atomic E-state index is -1.13. The Hall–Kier alpha value is -3.13. The fourth-order valence-corrected chi connectivity index (χ4v) is 5.14. The maximum Gasteiger partial charge on any atom is 0.305 e. The van der Waals surface area contributed by atoms with Gasteiger partial charge >= 0.3 is 5.97 Å². The second kappa shape index (κ2) is 21.6. The number of esters is 1. The highest BCUT2D eigenvalue weighted by Gasteiger charge is 2.40. The van der Waals surface area contributed by atoms with Gasteiger partial charge in [0.15, 0.2) is 12.4 Å². The standard InChI is InChI=1S/C28H46N2O12/c1-2-3-4-5-8-11-22(31)14-15-25-24(26(33)17-27(25)34)12-9-6-7-10-13-28(35)40-18-21(19-41-29(36)37)16-23(32)20-42-30(38)39/h6,9,21,24-27,33-34H,2-5,7-8,10-20H2,1H3/b9-6-/t21?,24-,25-,26+,27-/m1/s1. The molecule has 0 aromatic carbocycles. The third-order valence-corrected chi connectivity index (χ3v) is 7.41. The van der Waals surface area contributed by atoms with Gasteiger partial charge < -0.3 is 24.6 Å². The van der Waals surface area contributed by atoms with Gasteiger partial charge in [-0.2, -0.15) is 0 Å². The SMILES string of the molecule is CCCCCCCC(=O)CC[C@@H]1[C@@H](C/C=C\CCCC(=O)OCC(CO[N+](=O)[O-])CC(=O)CO[N+](=O)[O-])[C@@H](O)C[C@H]1O. The monoisotopic (exact) mass is 602 g/mol. The molecule has 0 radical (unpaired) electrons. The molecule has 1 fully saturated rings. The van der Waals surface area contributed by atoms with Crippen LogP contribution < -0.4 is 0 Å². The highest BCUT2D eigenvalue weighted by atomic mass is 17.0. The fraction of sp³-hybridized carbons (Fsp3) is 0.821. The van der Waals surface area contributed by atoms with Gasteiger partial charge in [-0.3, -0.25) is 14.4 Å². The summed E-state index contributed by atoms with van der Waals surface area (Å²) < 4.78 is 5.10. The lowest BCUT2D eigenvalue weighted by atomic mass is 9.86. The van der Waals surface area contributed by atoms with Gasteiger partial charge in [-0.1, -0.05) is 44.8 Å². The lowest BCUT2D eigenvalue weighted by Crippen LogP contribution is -2.25. The predicted molar refractivity (Wildman–Crippen MR) is 149 cm³/mol. The molecule has 0 amide bonds. The summed E-state index contributed by atoms with van der Waals surface area (Å²) >= 11 is 0. The van der Waals surface area contributed by atoms with Gasteiger partial charge in [0, 0.05) is 31.6 Å². The summed E-state index contributed by atoms with van der Waals surface area (Å²) in [6, 6.07) is 0. The summed E-state index contributed by atoms with van der Waals surface area (Å²) in [6.07, 6.45) is 11.0. The van der Waals surface area contributed by atoms with Crippen molar-refractivity contribution in [1.82, 2.24) is 0 Å². The number of hydrogen-bond acceptors (Lipinski definition) is 12. The fourth-order valence-electron chi connectivity index (χ4n) is 5.14. The van der Waals surface area contributed by atoms with Crippen LogP contribution in [-0.2, 0) is 28.8 Å². The zero-order valence-corrected chi connectivity index (χ0v) is 24.4. The second-order valence-electron chi connectivity index (χ2n) is 10.8. The molecular formula is C28H46N2O12. The Labute approximate surface area is 246 Å². The molecule has 0 saturated heterocycles. The van der Waals surface area contributed by atoms with Crippen molar-refractivity contribution in [3.05, 3.63) is 32.4 Å². The third-order valence-electron chi connectivity index (χ3n) is 7.41. The van der Waals surface area contributed by atoms with Crippen molar-refractivity contribution in [3.8, 4) is 0 Å². The molecule has 42 heavy (non-hydrogen) atoms. The van der Waals surface area contributed by atoms with Gasteiger partial charge in [-0.25, -0.2) is 0 Å². The molecule has 240 valence electrons. The molecule has 0 aliphatic heterocycles. The molecule has 0 spiro atoms. The average Bonchev–Trinajstić information content (AvgIpc) is 3.20. The molecule has 14 nitrogen and oxygen atoms in total. The van der Waals surface area contributed by atoms with Gasteiger partial charge in [0.1, 0.15) is 12.4 Å².